The first-order chi connectivity index (χ1) is 11.5. The van der Waals surface area contributed by atoms with Crippen molar-refractivity contribution in [2.45, 2.75) is 25.8 Å². The Balaban J connectivity index is 2.48. The van der Waals surface area contributed by atoms with E-state index in [2.05, 4.69) is 4.99 Å². The summed E-state index contributed by atoms with van der Waals surface area (Å²) in [5, 5.41) is 0.623. The first-order valence-corrected chi connectivity index (χ1v) is 9.15. The fraction of sp³-hybridized carbons (Fsp3) is 0.500. The van der Waals surface area contributed by atoms with Gasteiger partial charge in [-0.3, -0.25) is 9.79 Å². The first kappa shape index (κ1) is 18.5. The van der Waals surface area contributed by atoms with Crippen molar-refractivity contribution >= 4 is 28.7 Å². The van der Waals surface area contributed by atoms with Crippen LogP contribution in [0.1, 0.15) is 19.4 Å². The molecule has 0 radical (unpaired) electrons. The Kier molecular flexibility index (Phi) is 6.04. The van der Waals surface area contributed by atoms with Crippen LogP contribution in [0.4, 0.5) is 0 Å². The molecule has 5 nitrogen and oxygen atoms in total. The molecule has 0 fully saturated rings. The zero-order chi connectivity index (χ0) is 17.7. The zero-order valence-corrected chi connectivity index (χ0v) is 15.3. The van der Waals surface area contributed by atoms with Gasteiger partial charge in [0.2, 0.25) is 0 Å². The van der Waals surface area contributed by atoms with Crippen LogP contribution in [0.2, 0.25) is 0 Å². The van der Waals surface area contributed by atoms with Gasteiger partial charge in [0.05, 0.1) is 18.8 Å². The Morgan fingerprint density at radius 1 is 1.29 bits per heavy atom. The number of hydrogen-bond donors (Lipinski definition) is 0. The van der Waals surface area contributed by atoms with E-state index in [4.69, 9.17) is 9.47 Å². The van der Waals surface area contributed by atoms with Crippen LogP contribution in [-0.2, 0) is 25.5 Å². The molecule has 24 heavy (non-hydrogen) atoms. The summed E-state index contributed by atoms with van der Waals surface area (Å²) in [6.45, 7) is 3.91. The molecule has 0 aromatic heterocycles. The Morgan fingerprint density at radius 2 is 1.96 bits per heavy atom. The highest BCUT2D eigenvalue weighted by molar-refractivity contribution is 8.13. The summed E-state index contributed by atoms with van der Waals surface area (Å²) in [6, 6.07) is 9.67. The van der Waals surface area contributed by atoms with Gasteiger partial charge in [-0.15, -0.1) is 11.8 Å². The summed E-state index contributed by atoms with van der Waals surface area (Å²) in [7, 11) is 1.36. The van der Waals surface area contributed by atoms with Crippen LogP contribution >= 0.6 is 11.8 Å². The van der Waals surface area contributed by atoms with Gasteiger partial charge in [-0.25, -0.2) is 4.79 Å². The largest absolute Gasteiger partial charge is 0.468 e. The van der Waals surface area contributed by atoms with Crippen LogP contribution in [0.15, 0.2) is 35.3 Å². The summed E-state index contributed by atoms with van der Waals surface area (Å²) >= 11 is 1.38. The Labute approximate surface area is 146 Å². The smallest absolute Gasteiger partial charge is 0.334 e. The van der Waals surface area contributed by atoms with Gasteiger partial charge in [0.15, 0.2) is 5.54 Å². The summed E-state index contributed by atoms with van der Waals surface area (Å²) in [6.07, 6.45) is 2.25. The first-order valence-electron chi connectivity index (χ1n) is 7.92. The number of esters is 2. The lowest BCUT2D eigenvalue weighted by Gasteiger charge is -2.30. The predicted octanol–water partition coefficient (Wildman–Crippen LogP) is 2.73. The molecule has 1 aliphatic heterocycles. The van der Waals surface area contributed by atoms with E-state index in [9.17, 15) is 9.59 Å². The SMILES string of the molecule is CCOC(=O)[C@@]1(Cc2ccccc2)N=C(SC)[C@@H](C(=O)OC)[C@@H]1C. The van der Waals surface area contributed by atoms with Crippen LogP contribution in [0.3, 0.4) is 0 Å². The number of aliphatic imine (C=N–C) groups is 1. The van der Waals surface area contributed by atoms with E-state index in [1.807, 2.05) is 43.5 Å². The number of benzene rings is 1. The van der Waals surface area contributed by atoms with Crippen LogP contribution in [0.25, 0.3) is 0 Å². The number of hydrogen-bond acceptors (Lipinski definition) is 6. The number of rotatable bonds is 5. The molecule has 2 rings (SSSR count). The fourth-order valence-corrected chi connectivity index (χ4v) is 3.94. The van der Waals surface area contributed by atoms with Crippen LogP contribution in [0.5, 0.6) is 0 Å². The van der Waals surface area contributed by atoms with E-state index >= 15 is 0 Å². The Hall–Kier alpha value is -1.82. The molecule has 130 valence electrons. The molecule has 1 aliphatic rings. The quantitative estimate of drug-likeness (QED) is 0.765. The molecule has 0 unspecified atom stereocenters. The molecular formula is C18H23NO4S. The van der Waals surface area contributed by atoms with E-state index < -0.39 is 11.5 Å². The number of methoxy groups -OCH3 is 1. The molecule has 0 amide bonds. The minimum atomic E-state index is -1.10. The lowest BCUT2D eigenvalue weighted by molar-refractivity contribution is -0.153. The van der Waals surface area contributed by atoms with Gasteiger partial charge < -0.3 is 9.47 Å². The second kappa shape index (κ2) is 7.83. The lowest BCUT2D eigenvalue weighted by Crippen LogP contribution is -2.47. The second-order valence-electron chi connectivity index (χ2n) is 5.75. The summed E-state index contributed by atoms with van der Waals surface area (Å²) in [5.41, 5.74) is -0.124. The van der Waals surface area contributed by atoms with Crippen molar-refractivity contribution in [1.29, 1.82) is 0 Å². The van der Waals surface area contributed by atoms with Gasteiger partial charge >= 0.3 is 11.9 Å². The van der Waals surface area contributed by atoms with Crippen LogP contribution < -0.4 is 0 Å². The standard InChI is InChI=1S/C18H23NO4S/c1-5-23-17(21)18(11-13-9-7-6-8-10-13)12(2)14(16(20)22-3)15(19-18)24-4/h6-10,12,14H,5,11H2,1-4H3/t12-,14-,18-/m0/s1. The van der Waals surface area contributed by atoms with E-state index in [0.29, 0.717) is 11.5 Å². The second-order valence-corrected chi connectivity index (χ2v) is 6.58. The van der Waals surface area contributed by atoms with Crippen molar-refractivity contribution in [3.8, 4) is 0 Å². The van der Waals surface area contributed by atoms with Gasteiger partial charge in [0, 0.05) is 12.3 Å². The molecule has 0 aliphatic carbocycles. The van der Waals surface area contributed by atoms with Crippen molar-refractivity contribution in [1.82, 2.24) is 0 Å². The molecule has 1 heterocycles. The zero-order valence-electron chi connectivity index (χ0n) is 14.4. The van der Waals surface area contributed by atoms with E-state index in [1.54, 1.807) is 6.92 Å². The van der Waals surface area contributed by atoms with E-state index in [1.165, 1.54) is 18.9 Å². The molecule has 1 aromatic rings. The average molecular weight is 349 g/mol. The van der Waals surface area contributed by atoms with Gasteiger partial charge in [-0.2, -0.15) is 0 Å². The summed E-state index contributed by atoms with van der Waals surface area (Å²) in [4.78, 5) is 29.7. The molecule has 0 saturated heterocycles. The molecule has 0 bridgehead atoms. The van der Waals surface area contributed by atoms with Crippen molar-refractivity contribution in [2.75, 3.05) is 20.0 Å². The van der Waals surface area contributed by atoms with Crippen LogP contribution in [-0.4, -0.2) is 42.5 Å². The lowest BCUT2D eigenvalue weighted by atomic mass is 9.76. The maximum atomic E-state index is 12.8. The third-order valence-corrected chi connectivity index (χ3v) is 5.20. The summed E-state index contributed by atoms with van der Waals surface area (Å²) in [5.74, 6) is -1.64. The van der Waals surface area contributed by atoms with Gasteiger partial charge in [-0.1, -0.05) is 37.3 Å². The summed E-state index contributed by atoms with van der Waals surface area (Å²) < 4.78 is 10.3. The predicted molar refractivity (Wildman–Crippen MR) is 95.1 cm³/mol. The van der Waals surface area contributed by atoms with Crippen molar-refractivity contribution < 1.29 is 19.1 Å². The molecule has 6 heteroatoms. The minimum Gasteiger partial charge on any atom is -0.468 e. The fourth-order valence-electron chi connectivity index (χ4n) is 3.13. The molecule has 0 saturated carbocycles. The van der Waals surface area contributed by atoms with Gasteiger partial charge in [0.1, 0.15) is 5.92 Å². The van der Waals surface area contributed by atoms with Crippen molar-refractivity contribution in [3.63, 3.8) is 0 Å². The highest BCUT2D eigenvalue weighted by atomic mass is 32.2. The number of ether oxygens (including phenoxy) is 2. The molecule has 0 spiro atoms. The number of thioether (sulfide) groups is 1. The maximum absolute atomic E-state index is 12.8. The number of carbonyl (C=O) groups is 2. The molecule has 3 atom stereocenters. The number of carbonyl (C=O) groups excluding carboxylic acids is 2. The maximum Gasteiger partial charge on any atom is 0.334 e. The van der Waals surface area contributed by atoms with Crippen LogP contribution in [0, 0.1) is 11.8 Å². The average Bonchev–Trinajstić information content (AvgIpc) is 2.88. The number of nitrogens with zero attached hydrogens (tertiary/aromatic N) is 1. The van der Waals surface area contributed by atoms with Crippen molar-refractivity contribution in [2.24, 2.45) is 16.8 Å². The third-order valence-electron chi connectivity index (χ3n) is 4.44. The Morgan fingerprint density at radius 3 is 2.50 bits per heavy atom. The molecular weight excluding hydrogens is 326 g/mol. The van der Waals surface area contributed by atoms with Gasteiger partial charge in [-0.05, 0) is 18.7 Å². The van der Waals surface area contributed by atoms with Gasteiger partial charge in [0.25, 0.3) is 0 Å². The highest BCUT2D eigenvalue weighted by Gasteiger charge is 2.56. The molecule has 1 aromatic carbocycles. The van der Waals surface area contributed by atoms with Crippen molar-refractivity contribution in [3.05, 3.63) is 35.9 Å². The molecule has 0 N–H and O–H groups in total. The normalized spacial score (nSPS) is 25.9. The topological polar surface area (TPSA) is 65.0 Å². The third kappa shape index (κ3) is 3.34. The Bertz CT molecular complexity index is 631. The minimum absolute atomic E-state index is 0.273. The highest BCUT2D eigenvalue weighted by Crippen LogP contribution is 2.43. The van der Waals surface area contributed by atoms with E-state index in [-0.39, 0.29) is 24.5 Å². The monoisotopic (exact) mass is 349 g/mol. The van der Waals surface area contributed by atoms with E-state index in [0.717, 1.165) is 5.56 Å².